The maximum absolute atomic E-state index is 13.1. The molecule has 12 heteroatoms. The maximum Gasteiger partial charge on any atom is 0.416 e. The van der Waals surface area contributed by atoms with Crippen LogP contribution in [0.2, 0.25) is 5.02 Å². The van der Waals surface area contributed by atoms with E-state index in [1.165, 1.54) is 35.0 Å². The lowest BCUT2D eigenvalue weighted by molar-refractivity contribution is -0.137. The van der Waals surface area contributed by atoms with E-state index in [4.69, 9.17) is 25.8 Å². The highest BCUT2D eigenvalue weighted by Crippen LogP contribution is 2.34. The zero-order valence-electron chi connectivity index (χ0n) is 32.1. The van der Waals surface area contributed by atoms with Crippen LogP contribution in [0, 0.1) is 6.92 Å². The van der Waals surface area contributed by atoms with E-state index >= 15 is 0 Å². The van der Waals surface area contributed by atoms with Gasteiger partial charge in [-0.15, -0.1) is 12.4 Å². The van der Waals surface area contributed by atoms with Gasteiger partial charge >= 0.3 is 6.18 Å². The fourth-order valence-electron chi connectivity index (χ4n) is 6.26. The molecule has 1 saturated heterocycles. The Bertz CT molecular complexity index is 2060. The molecule has 0 unspecified atom stereocenters. The number of halogens is 5. The summed E-state index contributed by atoms with van der Waals surface area (Å²) in [5, 5.41) is 0.365. The number of pyridine rings is 1. The number of carbonyl (C=O) groups is 1. The second-order valence-electron chi connectivity index (χ2n) is 14.1. The van der Waals surface area contributed by atoms with Crippen molar-refractivity contribution in [2.45, 2.75) is 52.4 Å². The molecule has 7 nitrogen and oxygen atoms in total. The molecule has 1 fully saturated rings. The van der Waals surface area contributed by atoms with Crippen LogP contribution in [0.15, 0.2) is 109 Å². The summed E-state index contributed by atoms with van der Waals surface area (Å²) >= 11 is 6.60. The first-order chi connectivity index (χ1) is 26.9. The van der Waals surface area contributed by atoms with Crippen molar-refractivity contribution in [2.24, 2.45) is 0 Å². The van der Waals surface area contributed by atoms with Crippen LogP contribution in [0.4, 0.5) is 13.2 Å². The molecule has 57 heavy (non-hydrogen) atoms. The summed E-state index contributed by atoms with van der Waals surface area (Å²) in [7, 11) is 0. The molecule has 2 heterocycles. The molecule has 0 aliphatic carbocycles. The summed E-state index contributed by atoms with van der Waals surface area (Å²) in [6, 6.07) is 28.7. The smallest absolute Gasteiger partial charge is 0.416 e. The number of rotatable bonds is 14. The summed E-state index contributed by atoms with van der Waals surface area (Å²) < 4.78 is 56.0. The molecular weight excluding hydrogens is 774 g/mol. The lowest BCUT2D eigenvalue weighted by Gasteiger charge is -2.34. The average Bonchev–Trinajstić information content (AvgIpc) is 3.19. The van der Waals surface area contributed by atoms with Crippen LogP contribution >= 0.6 is 24.0 Å². The van der Waals surface area contributed by atoms with Crippen LogP contribution in [-0.4, -0.2) is 53.5 Å². The molecule has 300 valence electrons. The van der Waals surface area contributed by atoms with Gasteiger partial charge in [0.1, 0.15) is 18.1 Å². The molecule has 1 aliphatic heterocycles. The molecule has 1 aromatic heterocycles. The Kier molecular flexibility index (Phi) is 15.0. The molecule has 1 amide bonds. The monoisotopic (exact) mass is 819 g/mol. The first kappa shape index (κ1) is 43.1. The van der Waals surface area contributed by atoms with Gasteiger partial charge in [-0.2, -0.15) is 13.2 Å². The van der Waals surface area contributed by atoms with E-state index in [0.717, 1.165) is 55.1 Å². The number of hydrogen-bond acceptors (Lipinski definition) is 6. The number of carbonyl (C=O) groups excluding carboxylic acids is 1. The second-order valence-corrected chi connectivity index (χ2v) is 14.5. The lowest BCUT2D eigenvalue weighted by Crippen LogP contribution is -2.47. The first-order valence-electron chi connectivity index (χ1n) is 18.6. The number of alkyl halides is 3. The van der Waals surface area contributed by atoms with Gasteiger partial charge in [-0.25, -0.2) is 4.98 Å². The molecular formula is C45H46Cl2F3N3O4. The molecule has 0 bridgehead atoms. The van der Waals surface area contributed by atoms with E-state index in [0.29, 0.717) is 47.7 Å². The average molecular weight is 821 g/mol. The van der Waals surface area contributed by atoms with Gasteiger partial charge < -0.3 is 19.1 Å². The quantitative estimate of drug-likeness (QED) is 0.104. The van der Waals surface area contributed by atoms with Crippen LogP contribution in [0.3, 0.4) is 0 Å². The fourth-order valence-corrected chi connectivity index (χ4v) is 6.57. The van der Waals surface area contributed by atoms with Crippen LogP contribution in [-0.2, 0) is 30.5 Å². The largest absolute Gasteiger partial charge is 0.493 e. The van der Waals surface area contributed by atoms with Crippen molar-refractivity contribution < 1.29 is 32.2 Å². The van der Waals surface area contributed by atoms with E-state index in [9.17, 15) is 18.0 Å². The van der Waals surface area contributed by atoms with Gasteiger partial charge in [-0.1, -0.05) is 74.0 Å². The van der Waals surface area contributed by atoms with Crippen molar-refractivity contribution in [3.05, 3.63) is 153 Å². The van der Waals surface area contributed by atoms with Gasteiger partial charge in [0.05, 0.1) is 23.4 Å². The minimum Gasteiger partial charge on any atom is -0.493 e. The van der Waals surface area contributed by atoms with Crippen molar-refractivity contribution >= 4 is 36.0 Å². The fraction of sp³-hybridized carbons (Fsp3) is 0.289. The SMILES string of the molecule is Cc1cc(C=CC(=O)N2CCN(Cc3ccc(CCOc4ccc(C(C)C)cc4)cc3)CC2)cc(Cl)c1Oc1ccc(OCc2ccc(C(F)(F)F)cc2)cn1.Cl. The third-order valence-electron chi connectivity index (χ3n) is 9.59. The van der Waals surface area contributed by atoms with Crippen LogP contribution in [0.25, 0.3) is 6.08 Å². The molecule has 4 aromatic carbocycles. The van der Waals surface area contributed by atoms with E-state index in [1.807, 2.05) is 30.0 Å². The molecule has 0 N–H and O–H groups in total. The normalized spacial score (nSPS) is 13.4. The summed E-state index contributed by atoms with van der Waals surface area (Å²) in [6.45, 7) is 10.7. The predicted octanol–water partition coefficient (Wildman–Crippen LogP) is 11.0. The molecule has 0 atom stereocenters. The summed E-state index contributed by atoms with van der Waals surface area (Å²) in [5.41, 5.74) is 5.20. The molecule has 5 aromatic rings. The third-order valence-corrected chi connectivity index (χ3v) is 9.87. The molecule has 1 aliphatic rings. The molecule has 0 saturated carbocycles. The Balaban J connectivity index is 0.00000620. The zero-order chi connectivity index (χ0) is 39.7. The number of amides is 1. The van der Waals surface area contributed by atoms with E-state index in [-0.39, 0.29) is 30.8 Å². The van der Waals surface area contributed by atoms with Gasteiger partial charge in [-0.3, -0.25) is 9.69 Å². The summed E-state index contributed by atoms with van der Waals surface area (Å²) in [4.78, 5) is 21.6. The standard InChI is InChI=1S/C45H45ClF3N3O4.ClH/c1-31(2)37-11-15-39(16-12-37)54-25-20-33-4-6-34(7-5-33)29-51-21-23-52(24-22-51)43(53)19-10-36-26-32(3)44(41(46)27-36)56-42-18-17-40(28-50-42)55-30-35-8-13-38(14-9-35)45(47,48)49;/h4-19,26-28,31H,20-25,29-30H2,1-3H3;1H. The Hall–Kier alpha value is -5.03. The van der Waals surface area contributed by atoms with Gasteiger partial charge in [0.25, 0.3) is 0 Å². The van der Waals surface area contributed by atoms with Gasteiger partial charge in [0.2, 0.25) is 11.8 Å². The molecule has 0 radical (unpaired) electrons. The van der Waals surface area contributed by atoms with Crippen molar-refractivity contribution in [1.29, 1.82) is 0 Å². The number of nitrogens with zero attached hydrogens (tertiary/aromatic N) is 3. The molecule has 0 spiro atoms. The van der Waals surface area contributed by atoms with Crippen LogP contribution in [0.5, 0.6) is 23.1 Å². The Labute approximate surface area is 343 Å². The number of ether oxygens (including phenoxy) is 3. The number of aryl methyl sites for hydroxylation is 1. The number of benzene rings is 4. The van der Waals surface area contributed by atoms with Crippen LogP contribution < -0.4 is 14.2 Å². The molecule has 6 rings (SSSR count). The van der Waals surface area contributed by atoms with E-state index in [1.54, 1.807) is 30.4 Å². The van der Waals surface area contributed by atoms with Crippen molar-refractivity contribution in [3.63, 3.8) is 0 Å². The summed E-state index contributed by atoms with van der Waals surface area (Å²) in [5.74, 6) is 2.50. The van der Waals surface area contributed by atoms with Gasteiger partial charge in [0.15, 0.2) is 5.75 Å². The predicted molar refractivity (Wildman–Crippen MR) is 221 cm³/mol. The Morgan fingerprint density at radius 2 is 1.49 bits per heavy atom. The summed E-state index contributed by atoms with van der Waals surface area (Å²) in [6.07, 6.45) is 1.26. The first-order valence-corrected chi connectivity index (χ1v) is 19.0. The third kappa shape index (κ3) is 12.5. The zero-order valence-corrected chi connectivity index (χ0v) is 33.7. The van der Waals surface area contributed by atoms with E-state index in [2.05, 4.69) is 60.1 Å². The van der Waals surface area contributed by atoms with E-state index < -0.39 is 11.7 Å². The second kappa shape index (κ2) is 19.9. The van der Waals surface area contributed by atoms with Crippen molar-refractivity contribution in [1.82, 2.24) is 14.8 Å². The van der Waals surface area contributed by atoms with Crippen molar-refractivity contribution in [3.8, 4) is 23.1 Å². The Morgan fingerprint density at radius 1 is 0.842 bits per heavy atom. The lowest BCUT2D eigenvalue weighted by atomic mass is 10.0. The minimum atomic E-state index is -4.39. The number of hydrogen-bond donors (Lipinski definition) is 0. The maximum atomic E-state index is 13.1. The van der Waals surface area contributed by atoms with Crippen molar-refractivity contribution in [2.75, 3.05) is 32.8 Å². The van der Waals surface area contributed by atoms with Gasteiger partial charge in [-0.05, 0) is 94.8 Å². The topological polar surface area (TPSA) is 64.1 Å². The van der Waals surface area contributed by atoms with Gasteiger partial charge in [0, 0.05) is 51.3 Å². The minimum absolute atomic E-state index is 0. The van der Waals surface area contributed by atoms with Crippen LogP contribution in [0.1, 0.15) is 58.7 Å². The number of piperazine rings is 1. The Morgan fingerprint density at radius 3 is 2.11 bits per heavy atom. The number of aromatic nitrogens is 1. The highest BCUT2D eigenvalue weighted by molar-refractivity contribution is 6.32. The highest BCUT2D eigenvalue weighted by atomic mass is 35.5. The highest BCUT2D eigenvalue weighted by Gasteiger charge is 2.30.